The van der Waals surface area contributed by atoms with Crippen LogP contribution >= 0.6 is 11.8 Å². The largest absolute Gasteiger partial charge is 0.510 e. The van der Waals surface area contributed by atoms with E-state index in [2.05, 4.69) is 9.97 Å². The van der Waals surface area contributed by atoms with E-state index in [1.54, 1.807) is 6.07 Å². The Kier molecular flexibility index (Phi) is 4.49. The Hall–Kier alpha value is -2.85. The number of hydrogen-bond acceptors (Lipinski definition) is 4. The summed E-state index contributed by atoms with van der Waals surface area (Å²) in [6.45, 7) is 0. The topological polar surface area (TPSA) is 72.7 Å². The van der Waals surface area contributed by atoms with Gasteiger partial charge in [0.15, 0.2) is 17.5 Å². The van der Waals surface area contributed by atoms with Gasteiger partial charge in [-0.1, -0.05) is 12.1 Å². The van der Waals surface area contributed by atoms with Crippen LogP contribution in [0.1, 0.15) is 5.82 Å². The number of thioether (sulfide) groups is 1. The Balaban J connectivity index is 1.84. The summed E-state index contributed by atoms with van der Waals surface area (Å²) in [5.74, 6) is -1.78. The fourth-order valence-electron chi connectivity index (χ4n) is 2.12. The van der Waals surface area contributed by atoms with Crippen LogP contribution in [0.3, 0.4) is 0 Å². The predicted octanol–water partition coefficient (Wildman–Crippen LogP) is 4.43. The Morgan fingerprint density at radius 1 is 1.21 bits per heavy atom. The molecule has 0 atom stereocenters. The van der Waals surface area contributed by atoms with E-state index in [1.807, 2.05) is 24.3 Å². The lowest BCUT2D eigenvalue weighted by atomic mass is 10.2. The third kappa shape index (κ3) is 3.24. The third-order valence-corrected chi connectivity index (χ3v) is 4.30. The number of nitrogens with one attached hydrogen (secondary N) is 1. The molecule has 0 saturated carbocycles. The van der Waals surface area contributed by atoms with Crippen LogP contribution in [-0.2, 0) is 0 Å². The van der Waals surface area contributed by atoms with E-state index in [9.17, 15) is 19.1 Å². The molecule has 4 nitrogen and oxygen atoms in total. The maximum Gasteiger partial charge on any atom is 0.159 e. The summed E-state index contributed by atoms with van der Waals surface area (Å²) >= 11 is 1.09. The molecule has 24 heavy (non-hydrogen) atoms. The van der Waals surface area contributed by atoms with Crippen LogP contribution in [0.2, 0.25) is 0 Å². The molecule has 0 amide bonds. The first-order chi connectivity index (χ1) is 11.6. The summed E-state index contributed by atoms with van der Waals surface area (Å²) in [7, 11) is 0. The van der Waals surface area contributed by atoms with Crippen LogP contribution in [0.4, 0.5) is 8.78 Å². The predicted molar refractivity (Wildman–Crippen MR) is 88.3 cm³/mol. The molecule has 0 saturated heterocycles. The van der Waals surface area contributed by atoms with Gasteiger partial charge in [-0.3, -0.25) is 0 Å². The highest BCUT2D eigenvalue weighted by Gasteiger charge is 2.14. The molecule has 0 aliphatic heterocycles. The van der Waals surface area contributed by atoms with Gasteiger partial charge in [0.05, 0.1) is 16.8 Å². The van der Waals surface area contributed by atoms with E-state index < -0.39 is 11.6 Å². The number of para-hydroxylation sites is 2. The van der Waals surface area contributed by atoms with Gasteiger partial charge in [-0.05, 0) is 30.3 Å². The van der Waals surface area contributed by atoms with Gasteiger partial charge in [-0.15, -0.1) is 11.8 Å². The second-order valence-corrected chi connectivity index (χ2v) is 5.95. The van der Waals surface area contributed by atoms with Crippen molar-refractivity contribution in [2.45, 2.75) is 4.90 Å². The standard InChI is InChI=1S/C17H11F2N3OS/c18-12-6-5-10(7-13(12)19)24-9-16(23)11(8-20)17-21-14-3-1-2-4-15(14)22-17/h1-7,23H,9H2,(H,21,22)/b16-11-. The van der Waals surface area contributed by atoms with Crippen LogP contribution in [0.5, 0.6) is 0 Å². The minimum atomic E-state index is -0.957. The fourth-order valence-corrected chi connectivity index (χ4v) is 2.91. The van der Waals surface area contributed by atoms with E-state index in [1.165, 1.54) is 6.07 Å². The van der Waals surface area contributed by atoms with Crippen molar-refractivity contribution < 1.29 is 13.9 Å². The summed E-state index contributed by atoms with van der Waals surface area (Å²) in [5.41, 5.74) is 1.45. The summed E-state index contributed by atoms with van der Waals surface area (Å²) in [6.07, 6.45) is 0. The molecule has 0 bridgehead atoms. The average molecular weight is 343 g/mol. The van der Waals surface area contributed by atoms with Crippen LogP contribution in [0.15, 0.2) is 53.1 Å². The van der Waals surface area contributed by atoms with Crippen molar-refractivity contribution >= 4 is 28.4 Å². The highest BCUT2D eigenvalue weighted by atomic mass is 32.2. The molecule has 0 spiro atoms. The first-order valence-corrected chi connectivity index (χ1v) is 7.92. The molecule has 0 fully saturated rings. The smallest absolute Gasteiger partial charge is 0.159 e. The first-order valence-electron chi connectivity index (χ1n) is 6.93. The number of H-pyrrole nitrogens is 1. The molecule has 3 aromatic rings. The second-order valence-electron chi connectivity index (χ2n) is 4.90. The molecule has 0 aliphatic carbocycles. The van der Waals surface area contributed by atoms with Gasteiger partial charge in [0, 0.05) is 4.90 Å². The molecule has 0 radical (unpaired) electrons. The van der Waals surface area contributed by atoms with Crippen molar-refractivity contribution in [2.75, 3.05) is 5.75 Å². The lowest BCUT2D eigenvalue weighted by Gasteiger charge is -2.04. The Morgan fingerprint density at radius 2 is 2.00 bits per heavy atom. The number of halogens is 2. The Bertz CT molecular complexity index is 942. The van der Waals surface area contributed by atoms with Gasteiger partial charge in [-0.25, -0.2) is 13.8 Å². The van der Waals surface area contributed by atoms with Crippen LogP contribution in [0, 0.1) is 23.0 Å². The maximum absolute atomic E-state index is 13.2. The summed E-state index contributed by atoms with van der Waals surface area (Å²) in [6, 6.07) is 12.6. The number of aromatic nitrogens is 2. The molecule has 2 N–H and O–H groups in total. The SMILES string of the molecule is N#C/C(=C(/O)CSc1ccc(F)c(F)c1)c1nc2ccccc2[nH]1. The molecule has 1 aromatic heterocycles. The van der Waals surface area contributed by atoms with Crippen molar-refractivity contribution in [2.24, 2.45) is 0 Å². The van der Waals surface area contributed by atoms with Crippen LogP contribution < -0.4 is 0 Å². The molecule has 2 aromatic carbocycles. The quantitative estimate of drug-likeness (QED) is 0.418. The number of aliphatic hydroxyl groups excluding tert-OH is 1. The average Bonchev–Trinajstić information content (AvgIpc) is 3.00. The number of nitriles is 1. The molecule has 7 heteroatoms. The van der Waals surface area contributed by atoms with Crippen molar-refractivity contribution in [3.8, 4) is 6.07 Å². The Morgan fingerprint density at radius 3 is 2.71 bits per heavy atom. The highest BCUT2D eigenvalue weighted by molar-refractivity contribution is 7.99. The van der Waals surface area contributed by atoms with E-state index in [-0.39, 0.29) is 22.9 Å². The van der Waals surface area contributed by atoms with Gasteiger partial charge in [0.25, 0.3) is 0 Å². The van der Waals surface area contributed by atoms with E-state index in [0.29, 0.717) is 10.4 Å². The normalized spacial score (nSPS) is 12.0. The minimum Gasteiger partial charge on any atom is -0.510 e. The number of rotatable bonds is 4. The zero-order valence-electron chi connectivity index (χ0n) is 12.3. The van der Waals surface area contributed by atoms with Gasteiger partial charge in [0.1, 0.15) is 17.4 Å². The molecule has 0 unspecified atom stereocenters. The number of fused-ring (bicyclic) bond motifs is 1. The molecular weight excluding hydrogens is 332 g/mol. The maximum atomic E-state index is 13.2. The van der Waals surface area contributed by atoms with E-state index in [4.69, 9.17) is 0 Å². The molecule has 0 aliphatic rings. The summed E-state index contributed by atoms with van der Waals surface area (Å²) in [4.78, 5) is 7.69. The minimum absolute atomic E-state index is 0.0151. The number of allylic oxidation sites excluding steroid dienone is 1. The molecular formula is C17H11F2N3OS. The number of benzene rings is 2. The number of imidazole rings is 1. The van der Waals surface area contributed by atoms with Gasteiger partial charge >= 0.3 is 0 Å². The number of aliphatic hydroxyl groups is 1. The van der Waals surface area contributed by atoms with E-state index in [0.717, 1.165) is 29.4 Å². The van der Waals surface area contributed by atoms with Crippen molar-refractivity contribution in [1.29, 1.82) is 5.26 Å². The zero-order chi connectivity index (χ0) is 17.1. The van der Waals surface area contributed by atoms with E-state index >= 15 is 0 Å². The summed E-state index contributed by atoms with van der Waals surface area (Å²) in [5, 5.41) is 19.5. The number of nitrogens with zero attached hydrogens (tertiary/aromatic N) is 2. The number of hydrogen-bond donors (Lipinski definition) is 2. The van der Waals surface area contributed by atoms with Gasteiger partial charge in [0.2, 0.25) is 0 Å². The van der Waals surface area contributed by atoms with Crippen molar-refractivity contribution in [1.82, 2.24) is 9.97 Å². The van der Waals surface area contributed by atoms with Gasteiger partial charge < -0.3 is 10.1 Å². The highest BCUT2D eigenvalue weighted by Crippen LogP contribution is 2.25. The van der Waals surface area contributed by atoms with Crippen LogP contribution in [-0.4, -0.2) is 20.8 Å². The van der Waals surface area contributed by atoms with Crippen LogP contribution in [0.25, 0.3) is 16.6 Å². The molecule has 1 heterocycles. The lowest BCUT2D eigenvalue weighted by Crippen LogP contribution is -1.95. The summed E-state index contributed by atoms with van der Waals surface area (Å²) < 4.78 is 26.1. The lowest BCUT2D eigenvalue weighted by molar-refractivity contribution is 0.420. The third-order valence-electron chi connectivity index (χ3n) is 3.29. The van der Waals surface area contributed by atoms with Gasteiger partial charge in [-0.2, -0.15) is 5.26 Å². The molecule has 120 valence electrons. The first kappa shape index (κ1) is 16.0. The Labute approximate surface area is 140 Å². The number of aromatic amines is 1. The fraction of sp³-hybridized carbons (Fsp3) is 0.0588. The zero-order valence-corrected chi connectivity index (χ0v) is 13.1. The second kappa shape index (κ2) is 6.72. The molecule has 3 rings (SSSR count). The monoisotopic (exact) mass is 343 g/mol. The van der Waals surface area contributed by atoms with Crippen molar-refractivity contribution in [3.63, 3.8) is 0 Å². The van der Waals surface area contributed by atoms with Crippen molar-refractivity contribution in [3.05, 3.63) is 65.7 Å².